The normalized spacial score (nSPS) is 13.6. The quantitative estimate of drug-likeness (QED) is 0.0414. The standard InChI is InChI=1S/C45H58N10O12/c1-6-65-24-32-51-38-39(54(32)25-45(4,5)64)29-11-7-8-12-30(29)49-40(38)53-44(63)66-23-27-16-18-28(19-17-27)48-41(60)31(13-10-22-47-43(46)62)50-42(61)37(26(2)3)52-33(56)14-9-15-36(59)67-55-34(57)20-21-35(55)58/h7-8,11-12,16-19,26,31,37,64H,6,9-10,13-15,20-25H2,1-5H3,(H,48,60)(H,50,61)(H,52,56)(H3,46,47,62)(H,49,53,63)/t31-,37-/m0/s1. The van der Waals surface area contributed by atoms with E-state index in [1.165, 1.54) is 0 Å². The number of hydrogen-bond donors (Lipinski definition) is 7. The van der Waals surface area contributed by atoms with Gasteiger partial charge in [-0.1, -0.05) is 44.2 Å². The summed E-state index contributed by atoms with van der Waals surface area (Å²) in [5.41, 5.74) is 6.65. The number of nitrogens with one attached hydrogen (secondary N) is 5. The molecule has 4 aromatic rings. The highest BCUT2D eigenvalue weighted by Crippen LogP contribution is 2.32. The molecule has 8 N–H and O–H groups in total. The van der Waals surface area contributed by atoms with E-state index in [9.17, 15) is 43.5 Å². The van der Waals surface area contributed by atoms with Crippen molar-refractivity contribution in [3.05, 3.63) is 59.9 Å². The van der Waals surface area contributed by atoms with Gasteiger partial charge in [-0.25, -0.2) is 24.4 Å². The van der Waals surface area contributed by atoms with Gasteiger partial charge < -0.3 is 51.0 Å². The van der Waals surface area contributed by atoms with Gasteiger partial charge in [0.2, 0.25) is 17.7 Å². The van der Waals surface area contributed by atoms with Gasteiger partial charge in [0.1, 0.15) is 36.6 Å². The Morgan fingerprint density at radius 1 is 0.881 bits per heavy atom. The molecule has 1 aliphatic rings. The van der Waals surface area contributed by atoms with E-state index < -0.39 is 71.2 Å². The molecular weight excluding hydrogens is 873 g/mol. The van der Waals surface area contributed by atoms with Gasteiger partial charge in [0.25, 0.3) is 11.8 Å². The molecule has 67 heavy (non-hydrogen) atoms. The lowest BCUT2D eigenvalue weighted by atomic mass is 10.0. The second-order valence-corrected chi connectivity index (χ2v) is 16.8. The van der Waals surface area contributed by atoms with Crippen LogP contribution in [0, 0.1) is 5.92 Å². The minimum atomic E-state index is -1.12. The van der Waals surface area contributed by atoms with Gasteiger partial charge in [-0.15, -0.1) is 5.06 Å². The first kappa shape index (κ1) is 50.8. The van der Waals surface area contributed by atoms with Crippen LogP contribution in [0.15, 0.2) is 48.5 Å². The minimum absolute atomic E-state index is 0.00420. The Morgan fingerprint density at radius 3 is 2.24 bits per heavy atom. The molecule has 1 aliphatic heterocycles. The number of hydroxylamine groups is 2. The number of fused-ring (bicyclic) bond motifs is 3. The first-order valence-corrected chi connectivity index (χ1v) is 21.9. The number of carbonyl (C=O) groups excluding carboxylic acids is 8. The maximum absolute atomic E-state index is 13.6. The number of rotatable bonds is 23. The summed E-state index contributed by atoms with van der Waals surface area (Å²) < 4.78 is 13.1. The lowest BCUT2D eigenvalue weighted by Gasteiger charge is -2.25. The summed E-state index contributed by atoms with van der Waals surface area (Å²) in [4.78, 5) is 114. The fraction of sp³-hybridized carbons (Fsp3) is 0.467. The molecule has 0 unspecified atom stereocenters. The summed E-state index contributed by atoms with van der Waals surface area (Å²) in [5, 5.41) is 25.2. The zero-order chi connectivity index (χ0) is 48.8. The number of anilines is 2. The maximum atomic E-state index is 13.6. The molecular formula is C45H58N10O12. The van der Waals surface area contributed by atoms with Gasteiger partial charge in [0.05, 0.1) is 23.2 Å². The number of para-hydroxylation sites is 1. The van der Waals surface area contributed by atoms with E-state index in [2.05, 4.69) is 31.6 Å². The molecule has 0 bridgehead atoms. The zero-order valence-corrected chi connectivity index (χ0v) is 38.1. The number of aliphatic hydroxyl groups is 1. The van der Waals surface area contributed by atoms with Crippen molar-refractivity contribution in [3.8, 4) is 0 Å². The number of nitrogens with two attached hydrogens (primary N) is 1. The fourth-order valence-electron chi connectivity index (χ4n) is 7.05. The van der Waals surface area contributed by atoms with Crippen molar-refractivity contribution < 1.29 is 57.8 Å². The molecule has 22 heteroatoms. The van der Waals surface area contributed by atoms with E-state index in [-0.39, 0.29) is 77.1 Å². The number of hydrogen-bond acceptors (Lipinski definition) is 14. The Labute approximate surface area is 386 Å². The smallest absolute Gasteiger partial charge is 0.413 e. The molecule has 2 aromatic carbocycles. The van der Waals surface area contributed by atoms with Gasteiger partial charge in [-0.05, 0) is 69.7 Å². The van der Waals surface area contributed by atoms with Crippen LogP contribution in [-0.4, -0.2) is 103 Å². The van der Waals surface area contributed by atoms with Gasteiger partial charge >= 0.3 is 18.1 Å². The summed E-state index contributed by atoms with van der Waals surface area (Å²) in [6.45, 7) is 9.40. The van der Waals surface area contributed by atoms with Crippen LogP contribution in [0.5, 0.6) is 0 Å². The number of pyridine rings is 1. The molecule has 1 fully saturated rings. The van der Waals surface area contributed by atoms with Crippen LogP contribution in [0.3, 0.4) is 0 Å². The number of imidazole rings is 1. The zero-order valence-electron chi connectivity index (χ0n) is 38.1. The molecule has 0 radical (unpaired) electrons. The topological polar surface area (TPSA) is 305 Å². The lowest BCUT2D eigenvalue weighted by molar-refractivity contribution is -0.197. The highest BCUT2D eigenvalue weighted by atomic mass is 16.7. The average molecular weight is 931 g/mol. The minimum Gasteiger partial charge on any atom is -0.444 e. The molecule has 22 nitrogen and oxygen atoms in total. The number of amides is 8. The Balaban J connectivity index is 1.19. The third kappa shape index (κ3) is 14.6. The number of aromatic nitrogens is 3. The van der Waals surface area contributed by atoms with E-state index in [1.807, 2.05) is 29.7 Å². The summed E-state index contributed by atoms with van der Waals surface area (Å²) in [6.07, 6.45) is -1.03. The average Bonchev–Trinajstić information content (AvgIpc) is 3.78. The first-order chi connectivity index (χ1) is 31.8. The number of primary amides is 1. The van der Waals surface area contributed by atoms with E-state index in [4.69, 9.17) is 25.0 Å². The first-order valence-electron chi connectivity index (χ1n) is 21.9. The van der Waals surface area contributed by atoms with Crippen LogP contribution < -0.4 is 32.3 Å². The van der Waals surface area contributed by atoms with Crippen LogP contribution >= 0.6 is 0 Å². The highest BCUT2D eigenvalue weighted by Gasteiger charge is 2.33. The molecule has 3 heterocycles. The van der Waals surface area contributed by atoms with Gasteiger partial charge in [0, 0.05) is 49.9 Å². The number of nitrogens with zero attached hydrogens (tertiary/aromatic N) is 4. The second-order valence-electron chi connectivity index (χ2n) is 16.8. The number of imide groups is 1. The monoisotopic (exact) mass is 930 g/mol. The second kappa shape index (κ2) is 23.3. The van der Waals surface area contributed by atoms with Crippen LogP contribution in [0.25, 0.3) is 21.9 Å². The largest absolute Gasteiger partial charge is 0.444 e. The summed E-state index contributed by atoms with van der Waals surface area (Å²) in [7, 11) is 0. The summed E-state index contributed by atoms with van der Waals surface area (Å²) in [5.74, 6) is -3.65. The van der Waals surface area contributed by atoms with Crippen molar-refractivity contribution in [3.63, 3.8) is 0 Å². The molecule has 2 aromatic heterocycles. The van der Waals surface area contributed by atoms with Crippen molar-refractivity contribution in [2.45, 2.75) is 117 Å². The maximum Gasteiger partial charge on any atom is 0.413 e. The Bertz CT molecular complexity index is 2450. The van der Waals surface area contributed by atoms with E-state index >= 15 is 0 Å². The fourth-order valence-corrected chi connectivity index (χ4v) is 7.05. The van der Waals surface area contributed by atoms with Gasteiger partial charge in [0.15, 0.2) is 5.82 Å². The molecule has 0 aliphatic carbocycles. The molecule has 0 spiro atoms. The van der Waals surface area contributed by atoms with Crippen molar-refractivity contribution in [2.24, 2.45) is 11.7 Å². The van der Waals surface area contributed by atoms with E-state index in [0.29, 0.717) is 45.3 Å². The number of benzene rings is 2. The third-order valence-corrected chi connectivity index (χ3v) is 10.3. The number of urea groups is 1. The van der Waals surface area contributed by atoms with E-state index in [1.54, 1.807) is 58.0 Å². The molecule has 5 rings (SSSR count). The van der Waals surface area contributed by atoms with Crippen LogP contribution in [0.1, 0.15) is 91.0 Å². The van der Waals surface area contributed by atoms with Crippen LogP contribution in [0.2, 0.25) is 0 Å². The predicted octanol–water partition coefficient (Wildman–Crippen LogP) is 3.43. The number of carbonyl (C=O) groups is 8. The summed E-state index contributed by atoms with van der Waals surface area (Å²) in [6, 6.07) is 10.9. The van der Waals surface area contributed by atoms with E-state index in [0.717, 1.165) is 5.39 Å². The third-order valence-electron chi connectivity index (χ3n) is 10.3. The molecule has 360 valence electrons. The predicted molar refractivity (Wildman–Crippen MR) is 242 cm³/mol. The number of ether oxygens (including phenoxy) is 2. The molecule has 2 atom stereocenters. The van der Waals surface area contributed by atoms with Crippen LogP contribution in [0.4, 0.5) is 21.1 Å². The van der Waals surface area contributed by atoms with Gasteiger partial charge in [-0.3, -0.25) is 29.3 Å². The Kier molecular flexibility index (Phi) is 17.7. The Morgan fingerprint density at radius 2 is 1.58 bits per heavy atom. The molecule has 8 amide bonds. The molecule has 0 saturated carbocycles. The highest BCUT2D eigenvalue weighted by molar-refractivity contribution is 6.09. The SMILES string of the molecule is CCOCc1nc2c(NC(=O)OCc3ccc(NC(=O)[C@H](CCCNC(N)=O)NC(=O)[C@@H](NC(=O)CCCC(=O)ON4C(=O)CCC4=O)C(C)C)cc3)nc3ccccc3c2n1CC(C)(C)O. The van der Waals surface area contributed by atoms with Crippen molar-refractivity contribution in [1.82, 2.24) is 35.5 Å². The lowest BCUT2D eigenvalue weighted by Crippen LogP contribution is -2.54. The van der Waals surface area contributed by atoms with Crippen molar-refractivity contribution in [1.29, 1.82) is 0 Å². The van der Waals surface area contributed by atoms with Crippen LogP contribution in [-0.2, 0) is 62.8 Å². The van der Waals surface area contributed by atoms with Crippen molar-refractivity contribution in [2.75, 3.05) is 23.8 Å². The summed E-state index contributed by atoms with van der Waals surface area (Å²) >= 11 is 0. The van der Waals surface area contributed by atoms with Gasteiger partial charge in [-0.2, -0.15) is 0 Å². The Hall–Kier alpha value is -7.20. The van der Waals surface area contributed by atoms with Crippen molar-refractivity contribution >= 4 is 81.1 Å². The molecule has 1 saturated heterocycles.